The third-order valence-electron chi connectivity index (χ3n) is 3.72. The molecule has 31 heavy (non-hydrogen) atoms. The van der Waals surface area contributed by atoms with Crippen LogP contribution in [0.1, 0.15) is 10.4 Å². The Kier molecular flexibility index (Phi) is 9.34. The summed E-state index contributed by atoms with van der Waals surface area (Å²) in [5.74, 6) is 0.446. The van der Waals surface area contributed by atoms with Crippen molar-refractivity contribution in [2.75, 3.05) is 27.9 Å². The molecule has 2 aromatic rings. The van der Waals surface area contributed by atoms with Gasteiger partial charge in [-0.2, -0.15) is 0 Å². The van der Waals surface area contributed by atoms with E-state index >= 15 is 0 Å². The van der Waals surface area contributed by atoms with Crippen LogP contribution in [0.5, 0.6) is 23.0 Å². The van der Waals surface area contributed by atoms with Crippen molar-refractivity contribution in [3.05, 3.63) is 44.8 Å². The Morgan fingerprint density at radius 3 is 2.13 bits per heavy atom. The van der Waals surface area contributed by atoms with Crippen LogP contribution in [0, 0.1) is 0 Å². The van der Waals surface area contributed by atoms with E-state index in [1.807, 2.05) is 0 Å². The molecule has 0 spiro atoms. The maximum Gasteiger partial charge on any atom is 0.269 e. The van der Waals surface area contributed by atoms with E-state index in [1.165, 1.54) is 33.5 Å². The van der Waals surface area contributed by atoms with E-state index in [2.05, 4.69) is 48.0 Å². The number of halogens is 2. The normalized spacial score (nSPS) is 9.97. The molecular weight excluding hydrogens is 558 g/mol. The van der Waals surface area contributed by atoms with Crippen LogP contribution < -0.4 is 35.1 Å². The average molecular weight is 577 g/mol. The standard InChI is InChI=1S/C19H19Br2N3O6S/c1-27-14-6-10(7-15(28-2)17(14)29-3)18(26)23-24-19(31)22-16(25)9-30-13-5-4-11(20)8-12(13)21/h4-8H,9H2,1-3H3,(H,23,26)(H2,22,24,25,31). The molecule has 0 aromatic heterocycles. The number of amides is 2. The van der Waals surface area contributed by atoms with Gasteiger partial charge < -0.3 is 18.9 Å². The van der Waals surface area contributed by atoms with E-state index in [4.69, 9.17) is 31.2 Å². The minimum Gasteiger partial charge on any atom is -0.493 e. The average Bonchev–Trinajstić information content (AvgIpc) is 2.75. The van der Waals surface area contributed by atoms with Crippen LogP contribution in [0.25, 0.3) is 0 Å². The minimum absolute atomic E-state index is 0.107. The van der Waals surface area contributed by atoms with Gasteiger partial charge in [-0.25, -0.2) is 0 Å². The molecule has 0 saturated carbocycles. The zero-order valence-electron chi connectivity index (χ0n) is 16.7. The summed E-state index contributed by atoms with van der Waals surface area (Å²) in [6.07, 6.45) is 0. The predicted octanol–water partition coefficient (Wildman–Crippen LogP) is 2.95. The Morgan fingerprint density at radius 2 is 1.58 bits per heavy atom. The molecule has 0 unspecified atom stereocenters. The first-order valence-electron chi connectivity index (χ1n) is 8.57. The third-order valence-corrected chi connectivity index (χ3v) is 5.04. The second-order valence-electron chi connectivity index (χ2n) is 5.73. The minimum atomic E-state index is -0.536. The van der Waals surface area contributed by atoms with Gasteiger partial charge in [0.1, 0.15) is 5.75 Å². The summed E-state index contributed by atoms with van der Waals surface area (Å²) in [6.45, 7) is -0.275. The van der Waals surface area contributed by atoms with E-state index < -0.39 is 11.8 Å². The maximum atomic E-state index is 12.4. The van der Waals surface area contributed by atoms with Gasteiger partial charge in [0, 0.05) is 10.0 Å². The molecule has 0 fully saturated rings. The Bertz CT molecular complexity index is 964. The van der Waals surface area contributed by atoms with Crippen molar-refractivity contribution in [3.63, 3.8) is 0 Å². The number of hydrazine groups is 1. The van der Waals surface area contributed by atoms with Crippen LogP contribution in [-0.4, -0.2) is 44.9 Å². The van der Waals surface area contributed by atoms with Crippen molar-refractivity contribution in [1.82, 2.24) is 16.2 Å². The Balaban J connectivity index is 1.89. The Hall–Kier alpha value is -2.57. The third kappa shape index (κ3) is 6.97. The lowest BCUT2D eigenvalue weighted by molar-refractivity contribution is -0.121. The van der Waals surface area contributed by atoms with E-state index in [1.54, 1.807) is 18.2 Å². The van der Waals surface area contributed by atoms with Gasteiger partial charge in [-0.3, -0.25) is 25.8 Å². The topological polar surface area (TPSA) is 107 Å². The van der Waals surface area contributed by atoms with Crippen LogP contribution >= 0.6 is 44.1 Å². The van der Waals surface area contributed by atoms with E-state index in [-0.39, 0.29) is 17.3 Å². The molecule has 0 aliphatic rings. The maximum absolute atomic E-state index is 12.4. The SMILES string of the molecule is COc1cc(C(=O)NNC(=S)NC(=O)COc2ccc(Br)cc2Br)cc(OC)c1OC. The highest BCUT2D eigenvalue weighted by Gasteiger charge is 2.17. The van der Waals surface area contributed by atoms with E-state index in [0.717, 1.165) is 4.47 Å². The van der Waals surface area contributed by atoms with Crippen LogP contribution in [0.15, 0.2) is 39.3 Å². The zero-order valence-corrected chi connectivity index (χ0v) is 20.7. The van der Waals surface area contributed by atoms with Crippen molar-refractivity contribution in [1.29, 1.82) is 0 Å². The molecular formula is C19H19Br2N3O6S. The number of hydrogen-bond donors (Lipinski definition) is 3. The van der Waals surface area contributed by atoms with Crippen LogP contribution in [-0.2, 0) is 4.79 Å². The smallest absolute Gasteiger partial charge is 0.269 e. The summed E-state index contributed by atoms with van der Waals surface area (Å²) < 4.78 is 22.6. The van der Waals surface area contributed by atoms with Crippen molar-refractivity contribution in [2.45, 2.75) is 0 Å². The summed E-state index contributed by atoms with van der Waals surface area (Å²) in [6, 6.07) is 8.23. The van der Waals surface area contributed by atoms with Gasteiger partial charge in [0.2, 0.25) is 5.75 Å². The molecule has 12 heteroatoms. The quantitative estimate of drug-likeness (QED) is 0.341. The second kappa shape index (κ2) is 11.7. The highest BCUT2D eigenvalue weighted by molar-refractivity contribution is 9.11. The number of ether oxygens (including phenoxy) is 4. The highest BCUT2D eigenvalue weighted by Crippen LogP contribution is 2.38. The van der Waals surface area contributed by atoms with Gasteiger partial charge in [-0.1, -0.05) is 15.9 Å². The van der Waals surface area contributed by atoms with Gasteiger partial charge >= 0.3 is 0 Å². The lowest BCUT2D eigenvalue weighted by Gasteiger charge is -2.15. The molecule has 0 bridgehead atoms. The summed E-state index contributed by atoms with van der Waals surface area (Å²) >= 11 is 11.7. The number of rotatable bonds is 7. The number of carbonyl (C=O) groups is 2. The van der Waals surface area contributed by atoms with Gasteiger partial charge in [-0.05, 0) is 58.5 Å². The van der Waals surface area contributed by atoms with Crippen molar-refractivity contribution in [3.8, 4) is 23.0 Å². The number of methoxy groups -OCH3 is 3. The van der Waals surface area contributed by atoms with Crippen LogP contribution in [0.2, 0.25) is 0 Å². The molecule has 9 nitrogen and oxygen atoms in total. The van der Waals surface area contributed by atoms with Gasteiger partial charge in [-0.15, -0.1) is 0 Å². The van der Waals surface area contributed by atoms with Gasteiger partial charge in [0.15, 0.2) is 23.2 Å². The molecule has 0 saturated heterocycles. The summed E-state index contributed by atoms with van der Waals surface area (Å²) in [7, 11) is 4.34. The van der Waals surface area contributed by atoms with E-state index in [9.17, 15) is 9.59 Å². The number of thiocarbonyl (C=S) groups is 1. The first kappa shape index (κ1) is 24.7. The number of benzene rings is 2. The predicted molar refractivity (Wildman–Crippen MR) is 125 cm³/mol. The molecule has 2 aromatic carbocycles. The molecule has 3 N–H and O–H groups in total. The van der Waals surface area contributed by atoms with Crippen LogP contribution in [0.4, 0.5) is 0 Å². The highest BCUT2D eigenvalue weighted by atomic mass is 79.9. The first-order chi connectivity index (χ1) is 14.8. The molecule has 0 heterocycles. The number of hydrogen-bond acceptors (Lipinski definition) is 7. The summed E-state index contributed by atoms with van der Waals surface area (Å²) in [5, 5.41) is 2.29. The number of nitrogens with one attached hydrogen (secondary N) is 3. The van der Waals surface area contributed by atoms with Crippen molar-refractivity contribution in [2.24, 2.45) is 0 Å². The fraction of sp³-hybridized carbons (Fsp3) is 0.211. The zero-order chi connectivity index (χ0) is 23.0. The fourth-order valence-corrected chi connectivity index (χ4v) is 3.65. The summed E-state index contributed by atoms with van der Waals surface area (Å²) in [4.78, 5) is 24.4. The van der Waals surface area contributed by atoms with E-state index in [0.29, 0.717) is 27.5 Å². The van der Waals surface area contributed by atoms with Crippen molar-refractivity contribution < 1.29 is 28.5 Å². The molecule has 2 rings (SSSR count). The molecule has 0 aliphatic carbocycles. The van der Waals surface area contributed by atoms with Gasteiger partial charge in [0.25, 0.3) is 11.8 Å². The Morgan fingerprint density at radius 1 is 0.935 bits per heavy atom. The lowest BCUT2D eigenvalue weighted by atomic mass is 10.1. The van der Waals surface area contributed by atoms with Crippen molar-refractivity contribution >= 4 is 61.0 Å². The number of carbonyl (C=O) groups excluding carboxylic acids is 2. The Labute approximate surface area is 201 Å². The summed E-state index contributed by atoms with van der Waals surface area (Å²) in [5.41, 5.74) is 5.05. The molecule has 0 aliphatic heterocycles. The largest absolute Gasteiger partial charge is 0.493 e. The first-order valence-corrected chi connectivity index (χ1v) is 10.6. The fourth-order valence-electron chi connectivity index (χ4n) is 2.33. The molecule has 0 atom stereocenters. The second-order valence-corrected chi connectivity index (χ2v) is 7.91. The lowest BCUT2D eigenvalue weighted by Crippen LogP contribution is -2.49. The molecule has 166 valence electrons. The van der Waals surface area contributed by atoms with Crippen LogP contribution in [0.3, 0.4) is 0 Å². The monoisotopic (exact) mass is 575 g/mol. The van der Waals surface area contributed by atoms with Gasteiger partial charge in [0.05, 0.1) is 25.8 Å². The molecule has 2 amide bonds. The molecule has 0 radical (unpaired) electrons.